The Bertz CT molecular complexity index is 1310. The van der Waals surface area contributed by atoms with Gasteiger partial charge in [0.2, 0.25) is 0 Å². The highest BCUT2D eigenvalue weighted by Crippen LogP contribution is 2.35. The van der Waals surface area contributed by atoms with Crippen molar-refractivity contribution in [3.8, 4) is 11.5 Å². The van der Waals surface area contributed by atoms with Gasteiger partial charge in [0.1, 0.15) is 0 Å². The molecule has 3 atom stereocenters. The van der Waals surface area contributed by atoms with Gasteiger partial charge in [-0.15, -0.1) is 0 Å². The molecule has 4 rings (SSSR count). The van der Waals surface area contributed by atoms with E-state index in [9.17, 15) is 9.59 Å². The summed E-state index contributed by atoms with van der Waals surface area (Å²) in [7, 11) is 1.52. The van der Waals surface area contributed by atoms with Crippen LogP contribution in [0, 0.1) is 6.92 Å². The molecule has 0 saturated carbocycles. The van der Waals surface area contributed by atoms with Gasteiger partial charge in [-0.2, -0.15) is 0 Å². The van der Waals surface area contributed by atoms with E-state index >= 15 is 0 Å². The molecule has 0 unspecified atom stereocenters. The number of hydrogen-bond donors (Lipinski definition) is 3. The molecule has 0 aromatic heterocycles. The van der Waals surface area contributed by atoms with Gasteiger partial charge in [-0.1, -0.05) is 23.7 Å². The van der Waals surface area contributed by atoms with E-state index in [2.05, 4.69) is 16.0 Å². The van der Waals surface area contributed by atoms with Crippen LogP contribution in [-0.2, 0) is 14.3 Å². The Morgan fingerprint density at radius 2 is 1.85 bits per heavy atom. The first-order valence-corrected chi connectivity index (χ1v) is 13.4. The molecule has 11 heteroatoms. The molecule has 1 fully saturated rings. The number of thiocarbonyl (C=S) groups is 1. The van der Waals surface area contributed by atoms with Crippen LogP contribution >= 0.6 is 23.8 Å². The quantitative estimate of drug-likeness (QED) is 0.426. The minimum absolute atomic E-state index is 0.0271. The maximum atomic E-state index is 13.5. The standard InChI is InChI=1S/C28H33ClN4O5S/c1-15-6-8-20(29)11-21(15)31-27(35)25-18(4)30-28(39)32-26(25)19-7-9-22(23(10-19)36-5)37-14-24(34)33-12-16(2)38-17(3)13-33/h6-11,16-17,26H,12-14H2,1-5H3,(H,31,35)(H2,30,32,39)/t16-,17+,26-/m0/s1. The maximum Gasteiger partial charge on any atom is 0.260 e. The number of halogens is 1. The van der Waals surface area contributed by atoms with Gasteiger partial charge < -0.3 is 35.1 Å². The van der Waals surface area contributed by atoms with Gasteiger partial charge in [0.15, 0.2) is 23.2 Å². The lowest BCUT2D eigenvalue weighted by molar-refractivity contribution is -0.145. The van der Waals surface area contributed by atoms with Crippen molar-refractivity contribution < 1.29 is 23.8 Å². The third-order valence-corrected chi connectivity index (χ3v) is 7.06. The Balaban J connectivity index is 1.54. The zero-order chi connectivity index (χ0) is 28.3. The van der Waals surface area contributed by atoms with Crippen LogP contribution in [0.1, 0.15) is 37.9 Å². The number of anilines is 1. The number of allylic oxidation sites excluding steroid dienone is 1. The summed E-state index contributed by atoms with van der Waals surface area (Å²) in [4.78, 5) is 28.0. The van der Waals surface area contributed by atoms with E-state index in [1.165, 1.54) is 7.11 Å². The lowest BCUT2D eigenvalue weighted by Crippen LogP contribution is -2.49. The predicted octanol–water partition coefficient (Wildman–Crippen LogP) is 4.10. The number of aryl methyl sites for hydroxylation is 1. The highest BCUT2D eigenvalue weighted by atomic mass is 35.5. The van der Waals surface area contributed by atoms with Crippen molar-refractivity contribution >= 4 is 46.4 Å². The average molecular weight is 573 g/mol. The fraction of sp³-hybridized carbons (Fsp3) is 0.393. The number of carbonyl (C=O) groups is 2. The van der Waals surface area contributed by atoms with Crippen molar-refractivity contribution in [3.05, 3.63) is 63.8 Å². The Labute approximate surface area is 238 Å². The van der Waals surface area contributed by atoms with Crippen LogP contribution in [0.3, 0.4) is 0 Å². The fourth-order valence-electron chi connectivity index (χ4n) is 4.76. The summed E-state index contributed by atoms with van der Waals surface area (Å²) >= 11 is 11.5. The Morgan fingerprint density at radius 3 is 2.54 bits per heavy atom. The number of benzene rings is 2. The Morgan fingerprint density at radius 1 is 1.13 bits per heavy atom. The maximum absolute atomic E-state index is 13.5. The molecule has 0 radical (unpaired) electrons. The van der Waals surface area contributed by atoms with Crippen LogP contribution in [0.4, 0.5) is 5.69 Å². The topological polar surface area (TPSA) is 101 Å². The van der Waals surface area contributed by atoms with Crippen LogP contribution in [-0.4, -0.2) is 60.8 Å². The summed E-state index contributed by atoms with van der Waals surface area (Å²) in [6.07, 6.45) is -0.0541. The first-order chi connectivity index (χ1) is 18.5. The molecule has 0 spiro atoms. The number of hydrogen-bond acceptors (Lipinski definition) is 6. The summed E-state index contributed by atoms with van der Waals surface area (Å²) in [5, 5.41) is 10.1. The fourth-order valence-corrected chi connectivity index (χ4v) is 5.20. The van der Waals surface area contributed by atoms with Crippen molar-refractivity contribution in [2.24, 2.45) is 0 Å². The largest absolute Gasteiger partial charge is 0.493 e. The zero-order valence-electron chi connectivity index (χ0n) is 22.6. The summed E-state index contributed by atoms with van der Waals surface area (Å²) in [5.41, 5.74) is 3.32. The SMILES string of the molecule is COc1cc([C@@H]2NC(=S)NC(C)=C2C(=O)Nc2cc(Cl)ccc2C)ccc1OCC(=O)N1C[C@@H](C)O[C@@H](C)C1. The van der Waals surface area contributed by atoms with Crippen molar-refractivity contribution in [3.63, 3.8) is 0 Å². The van der Waals surface area contributed by atoms with Gasteiger partial charge in [-0.25, -0.2) is 0 Å². The van der Waals surface area contributed by atoms with E-state index < -0.39 is 6.04 Å². The minimum Gasteiger partial charge on any atom is -0.493 e. The molecule has 3 N–H and O–H groups in total. The molecular formula is C28H33ClN4O5S. The van der Waals surface area contributed by atoms with E-state index in [1.54, 1.807) is 36.1 Å². The third kappa shape index (κ3) is 6.81. The number of methoxy groups -OCH3 is 1. The summed E-state index contributed by atoms with van der Waals surface area (Å²) < 4.78 is 17.2. The second kappa shape index (κ2) is 12.2. The molecule has 2 aliphatic rings. The first kappa shape index (κ1) is 28.7. The molecule has 2 heterocycles. The second-order valence-corrected chi connectivity index (χ2v) is 10.6. The second-order valence-electron chi connectivity index (χ2n) is 9.74. The number of nitrogens with one attached hydrogen (secondary N) is 3. The predicted molar refractivity (Wildman–Crippen MR) is 154 cm³/mol. The van der Waals surface area contributed by atoms with Crippen molar-refractivity contribution in [2.45, 2.75) is 45.9 Å². The molecule has 208 valence electrons. The normalized spacial score (nSPS) is 21.1. The van der Waals surface area contributed by atoms with Crippen LogP contribution < -0.4 is 25.4 Å². The van der Waals surface area contributed by atoms with E-state index in [1.807, 2.05) is 32.9 Å². The van der Waals surface area contributed by atoms with E-state index in [-0.39, 0.29) is 30.6 Å². The monoisotopic (exact) mass is 572 g/mol. The molecule has 2 aliphatic heterocycles. The number of ether oxygens (including phenoxy) is 3. The summed E-state index contributed by atoms with van der Waals surface area (Å²) in [6.45, 7) is 8.50. The van der Waals surface area contributed by atoms with E-state index in [0.717, 1.165) is 11.1 Å². The third-order valence-electron chi connectivity index (χ3n) is 6.61. The number of nitrogens with zero attached hydrogens (tertiary/aromatic N) is 1. The highest BCUT2D eigenvalue weighted by Gasteiger charge is 2.31. The van der Waals surface area contributed by atoms with Crippen LogP contribution in [0.25, 0.3) is 0 Å². The molecular weight excluding hydrogens is 540 g/mol. The van der Waals surface area contributed by atoms with Crippen molar-refractivity contribution in [1.82, 2.24) is 15.5 Å². The number of amides is 2. The van der Waals surface area contributed by atoms with Crippen LogP contribution in [0.5, 0.6) is 11.5 Å². The number of morpholine rings is 1. The molecule has 39 heavy (non-hydrogen) atoms. The molecule has 0 aliphatic carbocycles. The van der Waals surface area contributed by atoms with E-state index in [4.69, 9.17) is 38.0 Å². The number of carbonyl (C=O) groups excluding carboxylic acids is 2. The van der Waals surface area contributed by atoms with Crippen molar-refractivity contribution in [2.75, 3.05) is 32.1 Å². The number of rotatable bonds is 7. The van der Waals surface area contributed by atoms with Gasteiger partial charge in [0.05, 0.1) is 30.9 Å². The first-order valence-electron chi connectivity index (χ1n) is 12.7. The van der Waals surface area contributed by atoms with Crippen LogP contribution in [0.15, 0.2) is 47.7 Å². The van der Waals surface area contributed by atoms with Gasteiger partial charge in [0, 0.05) is 29.5 Å². The van der Waals surface area contributed by atoms with Gasteiger partial charge in [-0.05, 0) is 75.3 Å². The molecule has 2 amide bonds. The molecule has 2 aromatic rings. The average Bonchev–Trinajstić information content (AvgIpc) is 2.88. The summed E-state index contributed by atoms with van der Waals surface area (Å²) in [6, 6.07) is 10.1. The molecule has 2 aromatic carbocycles. The smallest absolute Gasteiger partial charge is 0.260 e. The van der Waals surface area contributed by atoms with Crippen LogP contribution in [0.2, 0.25) is 5.02 Å². The summed E-state index contributed by atoms with van der Waals surface area (Å²) in [5.74, 6) is 0.423. The minimum atomic E-state index is -0.556. The molecule has 0 bridgehead atoms. The van der Waals surface area contributed by atoms with Crippen molar-refractivity contribution in [1.29, 1.82) is 0 Å². The molecule has 9 nitrogen and oxygen atoms in total. The van der Waals surface area contributed by atoms with Gasteiger partial charge >= 0.3 is 0 Å². The lowest BCUT2D eigenvalue weighted by atomic mass is 9.94. The highest BCUT2D eigenvalue weighted by molar-refractivity contribution is 7.80. The zero-order valence-corrected chi connectivity index (χ0v) is 24.2. The Kier molecular flexibility index (Phi) is 8.99. The van der Waals surface area contributed by atoms with Gasteiger partial charge in [-0.3, -0.25) is 9.59 Å². The van der Waals surface area contributed by atoms with Gasteiger partial charge in [0.25, 0.3) is 11.8 Å². The lowest BCUT2D eigenvalue weighted by Gasteiger charge is -2.35. The van der Waals surface area contributed by atoms with E-state index in [0.29, 0.717) is 51.7 Å². The molecule has 1 saturated heterocycles. The Hall–Kier alpha value is -3.34.